The summed E-state index contributed by atoms with van der Waals surface area (Å²) < 4.78 is 5.39. The molecular formula is C16H22N2O2. The molecule has 0 bridgehead atoms. The fourth-order valence-electron chi connectivity index (χ4n) is 3.24. The lowest BCUT2D eigenvalue weighted by Crippen LogP contribution is -2.44. The number of benzene rings is 1. The summed E-state index contributed by atoms with van der Waals surface area (Å²) in [6, 6.07) is 6.07. The predicted molar refractivity (Wildman–Crippen MR) is 77.2 cm³/mol. The van der Waals surface area contributed by atoms with E-state index < -0.39 is 0 Å². The van der Waals surface area contributed by atoms with Crippen molar-refractivity contribution in [2.24, 2.45) is 11.7 Å². The molecule has 1 aliphatic carbocycles. The van der Waals surface area contributed by atoms with Crippen LogP contribution in [0.2, 0.25) is 0 Å². The Bertz CT molecular complexity index is 501. The molecule has 0 saturated heterocycles. The summed E-state index contributed by atoms with van der Waals surface area (Å²) in [5.41, 5.74) is 8.88. The SMILES string of the molecule is NCC1CCCCC1NC(=O)c1ccc2c(c1)COC2. The van der Waals surface area contributed by atoms with E-state index >= 15 is 0 Å². The van der Waals surface area contributed by atoms with Gasteiger partial charge < -0.3 is 15.8 Å². The highest BCUT2D eigenvalue weighted by atomic mass is 16.5. The summed E-state index contributed by atoms with van der Waals surface area (Å²) in [5, 5.41) is 3.17. The molecule has 2 atom stereocenters. The highest BCUT2D eigenvalue weighted by molar-refractivity contribution is 5.94. The molecule has 2 unspecified atom stereocenters. The van der Waals surface area contributed by atoms with E-state index in [-0.39, 0.29) is 11.9 Å². The normalized spacial score (nSPS) is 25.2. The summed E-state index contributed by atoms with van der Waals surface area (Å²) in [5.74, 6) is 0.440. The smallest absolute Gasteiger partial charge is 0.251 e. The first-order valence-corrected chi connectivity index (χ1v) is 7.48. The predicted octanol–water partition coefficient (Wildman–Crippen LogP) is 1.96. The molecule has 1 aliphatic heterocycles. The molecular weight excluding hydrogens is 252 g/mol. The van der Waals surface area contributed by atoms with Gasteiger partial charge in [-0.05, 0) is 48.6 Å². The molecule has 108 valence electrons. The Morgan fingerprint density at radius 2 is 2.05 bits per heavy atom. The van der Waals surface area contributed by atoms with Crippen LogP contribution < -0.4 is 11.1 Å². The van der Waals surface area contributed by atoms with Crippen LogP contribution in [-0.4, -0.2) is 18.5 Å². The van der Waals surface area contributed by atoms with Gasteiger partial charge >= 0.3 is 0 Å². The summed E-state index contributed by atoms with van der Waals surface area (Å²) in [7, 11) is 0. The van der Waals surface area contributed by atoms with Gasteiger partial charge in [-0.25, -0.2) is 0 Å². The lowest BCUT2D eigenvalue weighted by molar-refractivity contribution is 0.0908. The first kappa shape index (κ1) is 13.6. The van der Waals surface area contributed by atoms with E-state index in [4.69, 9.17) is 10.5 Å². The Morgan fingerprint density at radius 1 is 1.25 bits per heavy atom. The molecule has 1 aromatic rings. The topological polar surface area (TPSA) is 64.3 Å². The summed E-state index contributed by atoms with van der Waals surface area (Å²) in [6.07, 6.45) is 4.57. The zero-order valence-electron chi connectivity index (χ0n) is 11.7. The molecule has 1 aromatic carbocycles. The number of nitrogens with two attached hydrogens (primary N) is 1. The molecule has 1 heterocycles. The minimum Gasteiger partial charge on any atom is -0.372 e. The largest absolute Gasteiger partial charge is 0.372 e. The highest BCUT2D eigenvalue weighted by Crippen LogP contribution is 2.25. The Balaban J connectivity index is 1.69. The number of hydrogen-bond donors (Lipinski definition) is 2. The van der Waals surface area contributed by atoms with E-state index in [1.165, 1.54) is 18.4 Å². The van der Waals surface area contributed by atoms with Crippen LogP contribution in [-0.2, 0) is 18.0 Å². The molecule has 1 amide bonds. The van der Waals surface area contributed by atoms with Gasteiger partial charge in [0.05, 0.1) is 13.2 Å². The van der Waals surface area contributed by atoms with Gasteiger partial charge in [-0.1, -0.05) is 18.9 Å². The van der Waals surface area contributed by atoms with Gasteiger partial charge in [0.25, 0.3) is 5.91 Å². The van der Waals surface area contributed by atoms with E-state index in [1.807, 2.05) is 18.2 Å². The van der Waals surface area contributed by atoms with Crippen LogP contribution in [0.15, 0.2) is 18.2 Å². The minimum atomic E-state index is 0.0186. The molecule has 0 spiro atoms. The van der Waals surface area contributed by atoms with Crippen molar-refractivity contribution in [2.75, 3.05) is 6.54 Å². The van der Waals surface area contributed by atoms with E-state index in [9.17, 15) is 4.79 Å². The zero-order valence-corrected chi connectivity index (χ0v) is 11.7. The van der Waals surface area contributed by atoms with Gasteiger partial charge in [0.1, 0.15) is 0 Å². The minimum absolute atomic E-state index is 0.0186. The van der Waals surface area contributed by atoms with Gasteiger partial charge in [-0.15, -0.1) is 0 Å². The molecule has 0 radical (unpaired) electrons. The average Bonchev–Trinajstić information content (AvgIpc) is 2.95. The molecule has 4 heteroatoms. The Morgan fingerprint density at radius 3 is 2.90 bits per heavy atom. The standard InChI is InChI=1S/C16H22N2O2/c17-8-12-3-1-2-4-15(12)18-16(19)11-5-6-13-9-20-10-14(13)7-11/h5-7,12,15H,1-4,8-10,17H2,(H,18,19). The molecule has 20 heavy (non-hydrogen) atoms. The van der Waals surface area contributed by atoms with Crippen molar-refractivity contribution in [3.63, 3.8) is 0 Å². The fraction of sp³-hybridized carbons (Fsp3) is 0.562. The van der Waals surface area contributed by atoms with Crippen molar-refractivity contribution < 1.29 is 9.53 Å². The Kier molecular flexibility index (Phi) is 4.03. The van der Waals surface area contributed by atoms with Crippen molar-refractivity contribution in [2.45, 2.75) is 44.9 Å². The van der Waals surface area contributed by atoms with E-state index in [0.29, 0.717) is 25.7 Å². The number of amides is 1. The summed E-state index contributed by atoms with van der Waals surface area (Å²) >= 11 is 0. The van der Waals surface area contributed by atoms with Crippen LogP contribution in [0.1, 0.15) is 47.2 Å². The third-order valence-corrected chi connectivity index (χ3v) is 4.51. The molecule has 0 aromatic heterocycles. The lowest BCUT2D eigenvalue weighted by Gasteiger charge is -2.31. The fourth-order valence-corrected chi connectivity index (χ4v) is 3.24. The first-order chi connectivity index (χ1) is 9.78. The van der Waals surface area contributed by atoms with Crippen molar-refractivity contribution >= 4 is 5.91 Å². The number of ether oxygens (including phenoxy) is 1. The Labute approximate surface area is 119 Å². The average molecular weight is 274 g/mol. The quantitative estimate of drug-likeness (QED) is 0.885. The van der Waals surface area contributed by atoms with Gasteiger partial charge in [0, 0.05) is 11.6 Å². The number of carbonyl (C=O) groups is 1. The number of hydrogen-bond acceptors (Lipinski definition) is 3. The van der Waals surface area contributed by atoms with Crippen LogP contribution >= 0.6 is 0 Å². The van der Waals surface area contributed by atoms with Crippen LogP contribution in [0.3, 0.4) is 0 Å². The summed E-state index contributed by atoms with van der Waals surface area (Å²) in [6.45, 7) is 1.93. The van der Waals surface area contributed by atoms with E-state index in [2.05, 4.69) is 5.32 Å². The number of carbonyl (C=O) groups excluding carboxylic acids is 1. The van der Waals surface area contributed by atoms with Crippen LogP contribution in [0.4, 0.5) is 0 Å². The molecule has 1 fully saturated rings. The van der Waals surface area contributed by atoms with Gasteiger partial charge in [-0.2, -0.15) is 0 Å². The molecule has 3 rings (SSSR count). The highest BCUT2D eigenvalue weighted by Gasteiger charge is 2.26. The number of fused-ring (bicyclic) bond motifs is 1. The van der Waals surface area contributed by atoms with E-state index in [0.717, 1.165) is 24.0 Å². The zero-order chi connectivity index (χ0) is 13.9. The third kappa shape index (κ3) is 2.72. The molecule has 4 nitrogen and oxygen atoms in total. The number of rotatable bonds is 3. The van der Waals surface area contributed by atoms with Crippen molar-refractivity contribution in [1.29, 1.82) is 0 Å². The first-order valence-electron chi connectivity index (χ1n) is 7.48. The second-order valence-electron chi connectivity index (χ2n) is 5.84. The van der Waals surface area contributed by atoms with Gasteiger partial charge in [-0.3, -0.25) is 4.79 Å². The second kappa shape index (κ2) is 5.94. The summed E-state index contributed by atoms with van der Waals surface area (Å²) in [4.78, 5) is 12.4. The maximum atomic E-state index is 12.4. The van der Waals surface area contributed by atoms with Crippen LogP contribution in [0.5, 0.6) is 0 Å². The lowest BCUT2D eigenvalue weighted by atomic mass is 9.84. The van der Waals surface area contributed by atoms with Gasteiger partial charge in [0.15, 0.2) is 0 Å². The number of nitrogens with one attached hydrogen (secondary N) is 1. The maximum Gasteiger partial charge on any atom is 0.251 e. The van der Waals surface area contributed by atoms with Crippen molar-refractivity contribution in [1.82, 2.24) is 5.32 Å². The van der Waals surface area contributed by atoms with E-state index in [1.54, 1.807) is 0 Å². The monoisotopic (exact) mass is 274 g/mol. The molecule has 3 N–H and O–H groups in total. The van der Waals surface area contributed by atoms with Crippen LogP contribution in [0, 0.1) is 5.92 Å². The van der Waals surface area contributed by atoms with Crippen molar-refractivity contribution in [3.8, 4) is 0 Å². The third-order valence-electron chi connectivity index (χ3n) is 4.51. The van der Waals surface area contributed by atoms with Crippen LogP contribution in [0.25, 0.3) is 0 Å². The Hall–Kier alpha value is -1.39. The maximum absolute atomic E-state index is 12.4. The van der Waals surface area contributed by atoms with Gasteiger partial charge in [0.2, 0.25) is 0 Å². The molecule has 2 aliphatic rings. The second-order valence-corrected chi connectivity index (χ2v) is 5.84. The van der Waals surface area contributed by atoms with Crippen molar-refractivity contribution in [3.05, 3.63) is 34.9 Å². The molecule has 1 saturated carbocycles.